The first kappa shape index (κ1) is 12.5. The van der Waals surface area contributed by atoms with Gasteiger partial charge >= 0.3 is 0 Å². The van der Waals surface area contributed by atoms with Gasteiger partial charge < -0.3 is 9.55 Å². The predicted molar refractivity (Wildman–Crippen MR) is 72.2 cm³/mol. The Morgan fingerprint density at radius 2 is 2.24 bits per heavy atom. The van der Waals surface area contributed by atoms with Crippen LogP contribution in [0.1, 0.15) is 12.1 Å². The molecule has 2 aromatic heterocycles. The van der Waals surface area contributed by atoms with Gasteiger partial charge in [0.05, 0.1) is 5.69 Å². The average molecular weight is 272 g/mol. The number of hydrogen-bond donors (Lipinski definition) is 1. The Balaban J connectivity index is 2.36. The fraction of sp³-hybridized carbons (Fsp3) is 0.600. The number of fused-ring (bicyclic) bond motifs is 1. The smallest absolute Gasteiger partial charge is 0.179 e. The van der Waals surface area contributed by atoms with E-state index in [-0.39, 0.29) is 0 Å². The van der Waals surface area contributed by atoms with Crippen molar-refractivity contribution in [2.24, 2.45) is 7.05 Å². The van der Waals surface area contributed by atoms with E-state index in [9.17, 15) is 4.21 Å². The van der Waals surface area contributed by atoms with Crippen LogP contribution in [-0.2, 0) is 24.4 Å². The minimum absolute atomic E-state index is 0.700. The molecule has 2 heterocycles. The van der Waals surface area contributed by atoms with Crippen molar-refractivity contribution < 1.29 is 4.21 Å². The number of aromatic amines is 1. The number of H-pyrrole nitrogens is 1. The summed E-state index contributed by atoms with van der Waals surface area (Å²) in [5.74, 6) is 0.700. The van der Waals surface area contributed by atoms with Crippen LogP contribution in [0.3, 0.4) is 0 Å². The molecule has 0 radical (unpaired) electrons. The normalized spacial score (nSPS) is 13.4. The zero-order valence-electron chi connectivity index (χ0n) is 10.2. The summed E-state index contributed by atoms with van der Waals surface area (Å²) in [6.07, 6.45) is 2.58. The van der Waals surface area contributed by atoms with Crippen molar-refractivity contribution in [3.8, 4) is 0 Å². The van der Waals surface area contributed by atoms with Gasteiger partial charge in [0, 0.05) is 36.4 Å². The molecular weight excluding hydrogens is 256 g/mol. The van der Waals surface area contributed by atoms with E-state index in [1.807, 2.05) is 23.2 Å². The Morgan fingerprint density at radius 3 is 2.88 bits per heavy atom. The second-order valence-corrected chi connectivity index (χ2v) is 6.06. The molecule has 5 nitrogen and oxygen atoms in total. The fourth-order valence-electron chi connectivity index (χ4n) is 2.01. The molecule has 94 valence electrons. The van der Waals surface area contributed by atoms with Crippen LogP contribution >= 0.6 is 12.2 Å². The Kier molecular flexibility index (Phi) is 3.48. The van der Waals surface area contributed by atoms with E-state index in [4.69, 9.17) is 12.2 Å². The molecule has 1 N–H and O–H groups in total. The first-order chi connectivity index (χ1) is 8.00. The SMILES string of the molecule is Cc1nn(C)c2c1[nH]c(=S)n2CCCS(C)=O. The summed E-state index contributed by atoms with van der Waals surface area (Å²) in [6.45, 7) is 2.73. The van der Waals surface area contributed by atoms with Crippen molar-refractivity contribution in [1.82, 2.24) is 19.3 Å². The van der Waals surface area contributed by atoms with Crippen molar-refractivity contribution >= 4 is 34.2 Å². The Hall–Kier alpha value is -0.950. The van der Waals surface area contributed by atoms with Gasteiger partial charge in [0.15, 0.2) is 10.4 Å². The summed E-state index contributed by atoms with van der Waals surface area (Å²) in [5, 5.41) is 4.35. The molecule has 0 saturated heterocycles. The van der Waals surface area contributed by atoms with Crippen molar-refractivity contribution in [1.29, 1.82) is 0 Å². The molecular formula is C10H16N4OS2. The summed E-state index contributed by atoms with van der Waals surface area (Å²) >= 11 is 5.30. The molecule has 1 atom stereocenters. The molecule has 0 fully saturated rings. The Bertz CT molecular complexity index is 622. The molecule has 0 aromatic carbocycles. The number of aromatic nitrogens is 4. The molecule has 2 rings (SSSR count). The lowest BCUT2D eigenvalue weighted by atomic mass is 10.4. The van der Waals surface area contributed by atoms with Gasteiger partial charge in [-0.05, 0) is 25.6 Å². The van der Waals surface area contributed by atoms with Crippen molar-refractivity contribution in [3.63, 3.8) is 0 Å². The minimum Gasteiger partial charge on any atom is -0.328 e. The maximum absolute atomic E-state index is 11.0. The monoisotopic (exact) mass is 272 g/mol. The highest BCUT2D eigenvalue weighted by Gasteiger charge is 2.12. The van der Waals surface area contributed by atoms with Crippen LogP contribution in [0.15, 0.2) is 0 Å². The topological polar surface area (TPSA) is 55.6 Å². The van der Waals surface area contributed by atoms with Crippen molar-refractivity contribution in [2.75, 3.05) is 12.0 Å². The number of hydrogen-bond acceptors (Lipinski definition) is 3. The quantitative estimate of drug-likeness (QED) is 0.858. The Morgan fingerprint density at radius 1 is 1.53 bits per heavy atom. The van der Waals surface area contributed by atoms with Gasteiger partial charge in [-0.1, -0.05) is 0 Å². The maximum Gasteiger partial charge on any atom is 0.179 e. The summed E-state index contributed by atoms with van der Waals surface area (Å²) in [5.41, 5.74) is 2.95. The summed E-state index contributed by atoms with van der Waals surface area (Å²) in [4.78, 5) is 3.17. The first-order valence-electron chi connectivity index (χ1n) is 5.43. The van der Waals surface area contributed by atoms with E-state index in [0.29, 0.717) is 10.5 Å². The lowest BCUT2D eigenvalue weighted by Gasteiger charge is -2.03. The molecule has 0 amide bonds. The third kappa shape index (κ3) is 2.35. The van der Waals surface area contributed by atoms with Crippen LogP contribution in [0.25, 0.3) is 11.2 Å². The van der Waals surface area contributed by atoms with Gasteiger partial charge in [-0.3, -0.25) is 8.89 Å². The number of rotatable bonds is 4. The van der Waals surface area contributed by atoms with Gasteiger partial charge in [-0.15, -0.1) is 0 Å². The average Bonchev–Trinajstić information content (AvgIpc) is 2.68. The molecule has 0 bridgehead atoms. The number of aryl methyl sites for hydroxylation is 3. The van der Waals surface area contributed by atoms with Crippen LogP contribution in [0.2, 0.25) is 0 Å². The summed E-state index contributed by atoms with van der Waals surface area (Å²) in [6, 6.07) is 0. The van der Waals surface area contributed by atoms with Crippen LogP contribution in [0.4, 0.5) is 0 Å². The first-order valence-corrected chi connectivity index (χ1v) is 7.56. The van der Waals surface area contributed by atoms with Crippen LogP contribution in [0, 0.1) is 11.7 Å². The maximum atomic E-state index is 11.0. The highest BCUT2D eigenvalue weighted by atomic mass is 32.2. The number of nitrogens with zero attached hydrogens (tertiary/aromatic N) is 3. The third-order valence-corrected chi connectivity index (χ3v) is 3.92. The summed E-state index contributed by atoms with van der Waals surface area (Å²) in [7, 11) is 1.16. The Labute approximate surface area is 107 Å². The molecule has 2 aromatic rings. The highest BCUT2D eigenvalue weighted by molar-refractivity contribution is 7.84. The molecule has 0 aliphatic carbocycles. The van der Waals surface area contributed by atoms with Gasteiger partial charge in [0.2, 0.25) is 0 Å². The molecule has 0 saturated carbocycles. The van der Waals surface area contributed by atoms with Gasteiger partial charge in [0.25, 0.3) is 0 Å². The zero-order chi connectivity index (χ0) is 12.6. The van der Waals surface area contributed by atoms with Crippen molar-refractivity contribution in [2.45, 2.75) is 19.9 Å². The van der Waals surface area contributed by atoms with E-state index in [0.717, 1.165) is 29.8 Å². The van der Waals surface area contributed by atoms with Crippen molar-refractivity contribution in [3.05, 3.63) is 10.5 Å². The van der Waals surface area contributed by atoms with Crippen LogP contribution in [0.5, 0.6) is 0 Å². The zero-order valence-corrected chi connectivity index (χ0v) is 11.8. The van der Waals surface area contributed by atoms with E-state index >= 15 is 0 Å². The van der Waals surface area contributed by atoms with E-state index < -0.39 is 10.8 Å². The molecule has 17 heavy (non-hydrogen) atoms. The molecule has 1 unspecified atom stereocenters. The molecule has 0 aliphatic heterocycles. The second kappa shape index (κ2) is 4.73. The predicted octanol–water partition coefficient (Wildman–Crippen LogP) is 1.51. The van der Waals surface area contributed by atoms with E-state index in [1.54, 1.807) is 6.26 Å². The second-order valence-electron chi connectivity index (χ2n) is 4.12. The largest absolute Gasteiger partial charge is 0.328 e. The fourth-order valence-corrected chi connectivity index (χ4v) is 2.82. The van der Waals surface area contributed by atoms with Gasteiger partial charge in [-0.25, -0.2) is 0 Å². The number of imidazole rings is 1. The number of nitrogens with one attached hydrogen (secondary N) is 1. The van der Waals surface area contributed by atoms with E-state index in [2.05, 4.69) is 10.1 Å². The van der Waals surface area contributed by atoms with E-state index in [1.165, 1.54) is 0 Å². The van der Waals surface area contributed by atoms with Crippen LogP contribution < -0.4 is 0 Å². The highest BCUT2D eigenvalue weighted by Crippen LogP contribution is 2.17. The minimum atomic E-state index is -0.748. The lowest BCUT2D eigenvalue weighted by molar-refractivity contribution is 0.646. The van der Waals surface area contributed by atoms with Gasteiger partial charge in [-0.2, -0.15) is 5.10 Å². The molecule has 0 spiro atoms. The lowest BCUT2D eigenvalue weighted by Crippen LogP contribution is -2.06. The molecule has 7 heteroatoms. The van der Waals surface area contributed by atoms with Crippen LogP contribution in [-0.4, -0.2) is 35.5 Å². The molecule has 0 aliphatic rings. The van der Waals surface area contributed by atoms with Gasteiger partial charge in [0.1, 0.15) is 5.52 Å². The third-order valence-electron chi connectivity index (χ3n) is 2.74. The summed E-state index contributed by atoms with van der Waals surface area (Å²) < 4.78 is 15.6. The standard InChI is InChI=1S/C10H16N4OS2/c1-7-8-9(13(2)12-7)14(10(16)11-8)5-4-6-17(3)15/h4-6H2,1-3H3,(H,11,16).